The number of methoxy groups -OCH3 is 1. The van der Waals surface area contributed by atoms with Crippen LogP contribution in [0.25, 0.3) is 0 Å². The third-order valence-corrected chi connectivity index (χ3v) is 3.57. The average Bonchev–Trinajstić information content (AvgIpc) is 2.46. The summed E-state index contributed by atoms with van der Waals surface area (Å²) in [5.74, 6) is 0.565. The number of rotatable bonds is 3. The zero-order chi connectivity index (χ0) is 13.9. The van der Waals surface area contributed by atoms with Crippen LogP contribution in [-0.4, -0.2) is 53.6 Å². The van der Waals surface area contributed by atoms with Crippen molar-refractivity contribution in [1.82, 2.24) is 14.9 Å². The number of likely N-dealkylation sites (tertiary alicyclic amines) is 1. The zero-order valence-electron chi connectivity index (χ0n) is 11.6. The highest BCUT2D eigenvalue weighted by Crippen LogP contribution is 2.24. The summed E-state index contributed by atoms with van der Waals surface area (Å²) in [6.45, 7) is 3.37. The summed E-state index contributed by atoms with van der Waals surface area (Å²) in [6.07, 6.45) is 4.98. The first-order valence-electron chi connectivity index (χ1n) is 6.42. The first-order valence-corrected chi connectivity index (χ1v) is 6.42. The van der Waals surface area contributed by atoms with Gasteiger partial charge in [0, 0.05) is 27.2 Å². The van der Waals surface area contributed by atoms with Crippen molar-refractivity contribution in [3.8, 4) is 0 Å². The molecule has 1 unspecified atom stereocenters. The molecule has 6 heteroatoms. The van der Waals surface area contributed by atoms with E-state index in [4.69, 9.17) is 4.74 Å². The predicted molar refractivity (Wildman–Crippen MR) is 72.1 cm³/mol. The lowest BCUT2D eigenvalue weighted by molar-refractivity contribution is -0.0441. The standard InChI is InChI=1S/C13H20N4O2/c1-13(19-3)5-4-6-17(9-13)12(18)10-7-16-11(14-2)8-15-10/h7-8H,4-6,9H2,1-3H3,(H,14,16). The van der Waals surface area contributed by atoms with E-state index in [9.17, 15) is 4.79 Å². The molecule has 1 amide bonds. The largest absolute Gasteiger partial charge is 0.377 e. The number of aromatic nitrogens is 2. The molecule has 0 bridgehead atoms. The number of hydrogen-bond acceptors (Lipinski definition) is 5. The van der Waals surface area contributed by atoms with Gasteiger partial charge < -0.3 is 15.0 Å². The molecule has 0 saturated carbocycles. The summed E-state index contributed by atoms with van der Waals surface area (Å²) < 4.78 is 5.49. The van der Waals surface area contributed by atoms with Crippen LogP contribution in [0.15, 0.2) is 12.4 Å². The molecule has 104 valence electrons. The molecule has 1 aromatic rings. The number of ether oxygens (including phenoxy) is 1. The lowest BCUT2D eigenvalue weighted by Crippen LogP contribution is -2.49. The Morgan fingerprint density at radius 1 is 1.47 bits per heavy atom. The summed E-state index contributed by atoms with van der Waals surface area (Å²) in [6, 6.07) is 0. The second-order valence-corrected chi connectivity index (χ2v) is 5.02. The van der Waals surface area contributed by atoms with E-state index in [2.05, 4.69) is 15.3 Å². The van der Waals surface area contributed by atoms with Crippen molar-refractivity contribution in [2.45, 2.75) is 25.4 Å². The molecule has 1 saturated heterocycles. The van der Waals surface area contributed by atoms with E-state index in [0.717, 1.165) is 19.4 Å². The lowest BCUT2D eigenvalue weighted by atomic mass is 9.94. The molecule has 0 aliphatic carbocycles. The van der Waals surface area contributed by atoms with E-state index in [0.29, 0.717) is 18.1 Å². The molecular formula is C13H20N4O2. The van der Waals surface area contributed by atoms with E-state index in [-0.39, 0.29) is 11.5 Å². The second kappa shape index (κ2) is 5.52. The first-order chi connectivity index (χ1) is 9.08. The van der Waals surface area contributed by atoms with Crippen molar-refractivity contribution in [2.75, 3.05) is 32.6 Å². The molecule has 0 aromatic carbocycles. The summed E-state index contributed by atoms with van der Waals surface area (Å²) in [5, 5.41) is 2.88. The molecule has 1 aliphatic rings. The lowest BCUT2D eigenvalue weighted by Gasteiger charge is -2.39. The molecule has 1 aromatic heterocycles. The van der Waals surface area contributed by atoms with E-state index in [1.54, 1.807) is 25.3 Å². The van der Waals surface area contributed by atoms with E-state index in [1.165, 1.54) is 6.20 Å². The molecule has 1 atom stereocenters. The van der Waals surface area contributed by atoms with Crippen LogP contribution in [0.4, 0.5) is 5.82 Å². The van der Waals surface area contributed by atoms with Crippen LogP contribution in [-0.2, 0) is 4.74 Å². The Balaban J connectivity index is 2.10. The molecule has 2 rings (SSSR count). The minimum atomic E-state index is -0.258. The number of amides is 1. The number of hydrogen-bond donors (Lipinski definition) is 1. The fraction of sp³-hybridized carbons (Fsp3) is 0.615. The van der Waals surface area contributed by atoms with Gasteiger partial charge in [0.05, 0.1) is 18.0 Å². The van der Waals surface area contributed by atoms with Crippen LogP contribution in [0.3, 0.4) is 0 Å². The smallest absolute Gasteiger partial charge is 0.274 e. The fourth-order valence-corrected chi connectivity index (χ4v) is 2.28. The van der Waals surface area contributed by atoms with Crippen LogP contribution >= 0.6 is 0 Å². The molecule has 2 heterocycles. The normalized spacial score (nSPS) is 23.2. The Labute approximate surface area is 113 Å². The van der Waals surface area contributed by atoms with Gasteiger partial charge in [0.25, 0.3) is 5.91 Å². The zero-order valence-corrected chi connectivity index (χ0v) is 11.6. The average molecular weight is 264 g/mol. The van der Waals surface area contributed by atoms with Gasteiger partial charge in [-0.05, 0) is 19.8 Å². The number of piperidine rings is 1. The van der Waals surface area contributed by atoms with Gasteiger partial charge in [-0.3, -0.25) is 4.79 Å². The minimum Gasteiger partial charge on any atom is -0.377 e. The number of nitrogens with one attached hydrogen (secondary N) is 1. The molecule has 1 aliphatic heterocycles. The van der Waals surface area contributed by atoms with Crippen LogP contribution in [0.5, 0.6) is 0 Å². The van der Waals surface area contributed by atoms with Crippen molar-refractivity contribution < 1.29 is 9.53 Å². The number of carbonyl (C=O) groups is 1. The van der Waals surface area contributed by atoms with Gasteiger partial charge in [0.1, 0.15) is 11.5 Å². The Bertz CT molecular complexity index is 448. The molecule has 19 heavy (non-hydrogen) atoms. The topological polar surface area (TPSA) is 67.4 Å². The maximum atomic E-state index is 12.4. The summed E-state index contributed by atoms with van der Waals surface area (Å²) in [4.78, 5) is 22.4. The summed E-state index contributed by atoms with van der Waals surface area (Å²) in [5.41, 5.74) is 0.117. The highest BCUT2D eigenvalue weighted by atomic mass is 16.5. The monoisotopic (exact) mass is 264 g/mol. The molecule has 1 fully saturated rings. The maximum absolute atomic E-state index is 12.4. The molecule has 6 nitrogen and oxygen atoms in total. The highest BCUT2D eigenvalue weighted by molar-refractivity contribution is 5.92. The van der Waals surface area contributed by atoms with E-state index in [1.807, 2.05) is 6.92 Å². The summed E-state index contributed by atoms with van der Waals surface area (Å²) >= 11 is 0. The molecule has 0 spiro atoms. The van der Waals surface area contributed by atoms with Gasteiger partial charge in [0.2, 0.25) is 0 Å². The molecule has 0 radical (unpaired) electrons. The third-order valence-electron chi connectivity index (χ3n) is 3.57. The molecule has 1 N–H and O–H groups in total. The van der Waals surface area contributed by atoms with Gasteiger partial charge in [-0.2, -0.15) is 0 Å². The van der Waals surface area contributed by atoms with E-state index < -0.39 is 0 Å². The SMILES string of the molecule is CNc1cnc(C(=O)N2CCCC(C)(OC)C2)cn1. The fourth-order valence-electron chi connectivity index (χ4n) is 2.28. The van der Waals surface area contributed by atoms with Crippen LogP contribution in [0.1, 0.15) is 30.3 Å². The number of carbonyl (C=O) groups excluding carboxylic acids is 1. The van der Waals surface area contributed by atoms with Crippen molar-refractivity contribution in [3.63, 3.8) is 0 Å². The quantitative estimate of drug-likeness (QED) is 0.887. The van der Waals surface area contributed by atoms with Gasteiger partial charge in [-0.15, -0.1) is 0 Å². The van der Waals surface area contributed by atoms with Gasteiger partial charge in [-0.1, -0.05) is 0 Å². The highest BCUT2D eigenvalue weighted by Gasteiger charge is 2.33. The minimum absolute atomic E-state index is 0.0851. The van der Waals surface area contributed by atoms with Gasteiger partial charge in [-0.25, -0.2) is 9.97 Å². The number of anilines is 1. The maximum Gasteiger partial charge on any atom is 0.274 e. The molecular weight excluding hydrogens is 244 g/mol. The third kappa shape index (κ3) is 3.01. The Hall–Kier alpha value is -1.69. The predicted octanol–water partition coefficient (Wildman–Crippen LogP) is 1.16. The van der Waals surface area contributed by atoms with Crippen molar-refractivity contribution >= 4 is 11.7 Å². The first kappa shape index (κ1) is 13.7. The van der Waals surface area contributed by atoms with Crippen molar-refractivity contribution in [1.29, 1.82) is 0 Å². The second-order valence-electron chi connectivity index (χ2n) is 5.02. The van der Waals surface area contributed by atoms with Crippen LogP contribution in [0.2, 0.25) is 0 Å². The van der Waals surface area contributed by atoms with Crippen LogP contribution < -0.4 is 5.32 Å². The Kier molecular flexibility index (Phi) is 3.99. The Morgan fingerprint density at radius 3 is 2.84 bits per heavy atom. The van der Waals surface area contributed by atoms with Gasteiger partial charge in [0.15, 0.2) is 0 Å². The van der Waals surface area contributed by atoms with Gasteiger partial charge >= 0.3 is 0 Å². The van der Waals surface area contributed by atoms with Crippen molar-refractivity contribution in [2.24, 2.45) is 0 Å². The van der Waals surface area contributed by atoms with E-state index >= 15 is 0 Å². The van der Waals surface area contributed by atoms with Crippen molar-refractivity contribution in [3.05, 3.63) is 18.1 Å². The van der Waals surface area contributed by atoms with Crippen LogP contribution in [0, 0.1) is 0 Å². The number of nitrogens with zero attached hydrogens (tertiary/aromatic N) is 3. The Morgan fingerprint density at radius 2 is 2.26 bits per heavy atom. The summed E-state index contributed by atoms with van der Waals surface area (Å²) in [7, 11) is 3.45.